The molecule has 1 amide bonds. The highest BCUT2D eigenvalue weighted by atomic mass is 16.3. The standard InChI is InChI=1S/C12H22N4O2/c1-4-16-11(9(13)7-14-16)12(18)15-10(5-6-17)8(2)3/h7-8,10,17H,4-6,13H2,1-3H3,(H,15,18). The molecule has 0 aromatic carbocycles. The minimum absolute atomic E-state index is 0.0473. The fraction of sp³-hybridized carbons (Fsp3) is 0.667. The van der Waals surface area contributed by atoms with Gasteiger partial charge in [0.1, 0.15) is 5.69 Å². The van der Waals surface area contributed by atoms with Crippen molar-refractivity contribution in [2.45, 2.75) is 39.8 Å². The van der Waals surface area contributed by atoms with Gasteiger partial charge in [-0.1, -0.05) is 13.8 Å². The average molecular weight is 254 g/mol. The second-order valence-corrected chi connectivity index (χ2v) is 4.60. The van der Waals surface area contributed by atoms with Gasteiger partial charge in [0, 0.05) is 19.2 Å². The zero-order valence-corrected chi connectivity index (χ0v) is 11.2. The molecule has 0 saturated heterocycles. The molecule has 1 aromatic heterocycles. The fourth-order valence-corrected chi connectivity index (χ4v) is 1.84. The van der Waals surface area contributed by atoms with Crippen LogP contribution in [0.15, 0.2) is 6.20 Å². The van der Waals surface area contributed by atoms with Gasteiger partial charge in [0.15, 0.2) is 0 Å². The first-order valence-electron chi connectivity index (χ1n) is 6.24. The van der Waals surface area contributed by atoms with Crippen molar-refractivity contribution in [3.05, 3.63) is 11.9 Å². The van der Waals surface area contributed by atoms with Crippen molar-refractivity contribution in [3.63, 3.8) is 0 Å². The Labute approximate surface area is 107 Å². The van der Waals surface area contributed by atoms with Crippen LogP contribution in [0.1, 0.15) is 37.7 Å². The lowest BCUT2D eigenvalue weighted by molar-refractivity contribution is 0.0906. The molecule has 0 aliphatic heterocycles. The van der Waals surface area contributed by atoms with E-state index in [1.807, 2.05) is 20.8 Å². The van der Waals surface area contributed by atoms with Crippen LogP contribution in [0.25, 0.3) is 0 Å². The van der Waals surface area contributed by atoms with E-state index in [-0.39, 0.29) is 24.5 Å². The largest absolute Gasteiger partial charge is 0.396 e. The Morgan fingerprint density at radius 2 is 2.28 bits per heavy atom. The van der Waals surface area contributed by atoms with Crippen molar-refractivity contribution in [1.82, 2.24) is 15.1 Å². The van der Waals surface area contributed by atoms with Crippen LogP contribution in [0.5, 0.6) is 0 Å². The third-order valence-electron chi connectivity index (χ3n) is 2.94. The number of nitrogens with one attached hydrogen (secondary N) is 1. The molecule has 0 saturated carbocycles. The van der Waals surface area contributed by atoms with Crippen molar-refractivity contribution >= 4 is 11.6 Å². The van der Waals surface area contributed by atoms with Crippen LogP contribution in [-0.4, -0.2) is 33.4 Å². The Balaban J connectivity index is 2.83. The molecule has 0 fully saturated rings. The molecule has 0 bridgehead atoms. The number of aliphatic hydroxyl groups excluding tert-OH is 1. The van der Waals surface area contributed by atoms with Gasteiger partial charge in [0.25, 0.3) is 5.91 Å². The number of nitrogen functional groups attached to an aromatic ring is 1. The molecular weight excluding hydrogens is 232 g/mol. The van der Waals surface area contributed by atoms with Gasteiger partial charge < -0.3 is 16.2 Å². The smallest absolute Gasteiger partial charge is 0.271 e. The molecule has 1 unspecified atom stereocenters. The minimum Gasteiger partial charge on any atom is -0.396 e. The molecule has 6 nitrogen and oxygen atoms in total. The van der Waals surface area contributed by atoms with Crippen LogP contribution < -0.4 is 11.1 Å². The number of carbonyl (C=O) groups excluding carboxylic acids is 1. The zero-order chi connectivity index (χ0) is 13.7. The van der Waals surface area contributed by atoms with Crippen LogP contribution >= 0.6 is 0 Å². The maximum Gasteiger partial charge on any atom is 0.271 e. The highest BCUT2D eigenvalue weighted by Gasteiger charge is 2.21. The van der Waals surface area contributed by atoms with Gasteiger partial charge in [-0.15, -0.1) is 0 Å². The Morgan fingerprint density at radius 1 is 1.61 bits per heavy atom. The van der Waals surface area contributed by atoms with E-state index < -0.39 is 0 Å². The molecule has 0 spiro atoms. The van der Waals surface area contributed by atoms with Crippen LogP contribution in [0, 0.1) is 5.92 Å². The van der Waals surface area contributed by atoms with Crippen LogP contribution in [0.2, 0.25) is 0 Å². The monoisotopic (exact) mass is 254 g/mol. The topological polar surface area (TPSA) is 93.2 Å². The normalized spacial score (nSPS) is 12.7. The third-order valence-corrected chi connectivity index (χ3v) is 2.94. The van der Waals surface area contributed by atoms with Crippen molar-refractivity contribution in [1.29, 1.82) is 0 Å². The molecule has 6 heteroatoms. The molecule has 0 aliphatic rings. The Bertz CT molecular complexity index is 401. The minimum atomic E-state index is -0.237. The summed E-state index contributed by atoms with van der Waals surface area (Å²) in [5, 5.41) is 15.9. The summed E-state index contributed by atoms with van der Waals surface area (Å²) in [5.41, 5.74) is 6.52. The van der Waals surface area contributed by atoms with E-state index in [1.165, 1.54) is 6.20 Å². The van der Waals surface area contributed by atoms with E-state index >= 15 is 0 Å². The van der Waals surface area contributed by atoms with Crippen molar-refractivity contribution in [2.24, 2.45) is 5.92 Å². The number of aliphatic hydroxyl groups is 1. The average Bonchev–Trinajstić information content (AvgIpc) is 2.69. The second-order valence-electron chi connectivity index (χ2n) is 4.60. The SMILES string of the molecule is CCn1ncc(N)c1C(=O)NC(CCO)C(C)C. The van der Waals surface area contributed by atoms with Crippen molar-refractivity contribution in [3.8, 4) is 0 Å². The summed E-state index contributed by atoms with van der Waals surface area (Å²) in [7, 11) is 0. The maximum atomic E-state index is 12.2. The summed E-state index contributed by atoms with van der Waals surface area (Å²) in [4.78, 5) is 12.2. The third kappa shape index (κ3) is 3.22. The van der Waals surface area contributed by atoms with E-state index in [0.29, 0.717) is 24.3 Å². The second kappa shape index (κ2) is 6.39. The zero-order valence-electron chi connectivity index (χ0n) is 11.2. The van der Waals surface area contributed by atoms with Gasteiger partial charge in [-0.3, -0.25) is 9.48 Å². The number of aryl methyl sites for hydroxylation is 1. The van der Waals surface area contributed by atoms with E-state index in [4.69, 9.17) is 10.8 Å². The van der Waals surface area contributed by atoms with Crippen LogP contribution in [0.4, 0.5) is 5.69 Å². The Morgan fingerprint density at radius 3 is 2.78 bits per heavy atom. The van der Waals surface area contributed by atoms with Crippen molar-refractivity contribution < 1.29 is 9.90 Å². The fourth-order valence-electron chi connectivity index (χ4n) is 1.84. The molecule has 1 rings (SSSR count). The van der Waals surface area contributed by atoms with Gasteiger partial charge >= 0.3 is 0 Å². The quantitative estimate of drug-likeness (QED) is 0.694. The highest BCUT2D eigenvalue weighted by molar-refractivity contribution is 5.97. The summed E-state index contributed by atoms with van der Waals surface area (Å²) in [6.45, 7) is 6.54. The predicted octanol–water partition coefficient (Wildman–Crippen LogP) is 0.622. The molecule has 0 radical (unpaired) electrons. The number of anilines is 1. The highest BCUT2D eigenvalue weighted by Crippen LogP contribution is 2.13. The number of hydrogen-bond acceptors (Lipinski definition) is 4. The van der Waals surface area contributed by atoms with Gasteiger partial charge in [-0.05, 0) is 19.3 Å². The lowest BCUT2D eigenvalue weighted by Gasteiger charge is -2.21. The van der Waals surface area contributed by atoms with E-state index in [0.717, 1.165) is 0 Å². The Kier molecular flexibility index (Phi) is 5.15. The van der Waals surface area contributed by atoms with Crippen LogP contribution in [0.3, 0.4) is 0 Å². The molecule has 18 heavy (non-hydrogen) atoms. The molecule has 102 valence electrons. The lowest BCUT2D eigenvalue weighted by atomic mass is 10.0. The lowest BCUT2D eigenvalue weighted by Crippen LogP contribution is -2.40. The molecule has 1 atom stereocenters. The number of rotatable bonds is 6. The van der Waals surface area contributed by atoms with Gasteiger partial charge in [-0.25, -0.2) is 0 Å². The first-order chi connectivity index (χ1) is 8.51. The van der Waals surface area contributed by atoms with E-state index in [9.17, 15) is 4.79 Å². The van der Waals surface area contributed by atoms with E-state index in [1.54, 1.807) is 4.68 Å². The summed E-state index contributed by atoms with van der Waals surface area (Å²) >= 11 is 0. The Hall–Kier alpha value is -1.56. The predicted molar refractivity (Wildman–Crippen MR) is 70.1 cm³/mol. The van der Waals surface area contributed by atoms with Gasteiger partial charge in [0.05, 0.1) is 11.9 Å². The molecule has 1 aromatic rings. The van der Waals surface area contributed by atoms with Crippen molar-refractivity contribution in [2.75, 3.05) is 12.3 Å². The number of nitrogens with zero attached hydrogens (tertiary/aromatic N) is 2. The first kappa shape index (κ1) is 14.5. The summed E-state index contributed by atoms with van der Waals surface area (Å²) in [6, 6.07) is -0.0675. The maximum absolute atomic E-state index is 12.2. The molecule has 0 aliphatic carbocycles. The summed E-state index contributed by atoms with van der Waals surface area (Å²) < 4.78 is 1.57. The van der Waals surface area contributed by atoms with Gasteiger partial charge in [0.2, 0.25) is 0 Å². The summed E-state index contributed by atoms with van der Waals surface area (Å²) in [6.07, 6.45) is 2.01. The molecular formula is C12H22N4O2. The first-order valence-corrected chi connectivity index (χ1v) is 6.24. The number of nitrogens with two attached hydrogens (primary N) is 1. The molecule has 4 N–H and O–H groups in total. The number of aromatic nitrogens is 2. The van der Waals surface area contributed by atoms with Gasteiger partial charge in [-0.2, -0.15) is 5.10 Å². The number of amides is 1. The summed E-state index contributed by atoms with van der Waals surface area (Å²) in [5.74, 6) is 0.0133. The number of hydrogen-bond donors (Lipinski definition) is 3. The molecule has 1 heterocycles. The number of carbonyl (C=O) groups is 1. The van der Waals surface area contributed by atoms with Crippen LogP contribution in [-0.2, 0) is 6.54 Å². The van der Waals surface area contributed by atoms with E-state index in [2.05, 4.69) is 10.4 Å².